The molecule has 6 heteroatoms. The van der Waals surface area contributed by atoms with E-state index in [9.17, 15) is 14.7 Å². The lowest BCUT2D eigenvalue weighted by atomic mass is 9.66. The highest BCUT2D eigenvalue weighted by molar-refractivity contribution is 6.30. The van der Waals surface area contributed by atoms with Gasteiger partial charge in [0.25, 0.3) is 0 Å². The Balaban J connectivity index is 1.44. The number of benzene rings is 1. The molecule has 0 radical (unpaired) electrons. The molecule has 2 amide bonds. The van der Waals surface area contributed by atoms with Crippen molar-refractivity contribution >= 4 is 23.4 Å². The van der Waals surface area contributed by atoms with Crippen LogP contribution < -0.4 is 5.32 Å². The second kappa shape index (κ2) is 9.58. The van der Waals surface area contributed by atoms with Crippen molar-refractivity contribution in [2.45, 2.75) is 83.8 Å². The Morgan fingerprint density at radius 3 is 2.42 bits per heavy atom. The Labute approximate surface area is 203 Å². The average molecular weight is 475 g/mol. The van der Waals surface area contributed by atoms with E-state index in [2.05, 4.69) is 12.2 Å². The second-order valence-corrected chi connectivity index (χ2v) is 11.8. The van der Waals surface area contributed by atoms with Gasteiger partial charge < -0.3 is 15.3 Å². The maximum Gasteiger partial charge on any atom is 0.227 e. The first kappa shape index (κ1) is 24.5. The fourth-order valence-electron chi connectivity index (χ4n) is 6.35. The number of hydrogen-bond acceptors (Lipinski definition) is 3. The lowest BCUT2D eigenvalue weighted by Crippen LogP contribution is -2.59. The third-order valence-corrected chi connectivity index (χ3v) is 8.81. The van der Waals surface area contributed by atoms with Crippen LogP contribution in [-0.2, 0) is 15.2 Å². The van der Waals surface area contributed by atoms with E-state index in [4.69, 9.17) is 11.6 Å². The van der Waals surface area contributed by atoms with Gasteiger partial charge in [-0.05, 0) is 62.1 Å². The van der Waals surface area contributed by atoms with Crippen molar-refractivity contribution in [3.05, 3.63) is 34.9 Å². The van der Waals surface area contributed by atoms with Gasteiger partial charge >= 0.3 is 0 Å². The van der Waals surface area contributed by atoms with Crippen LogP contribution in [0.2, 0.25) is 5.02 Å². The topological polar surface area (TPSA) is 69.6 Å². The normalized spacial score (nSPS) is 34.2. The number of aliphatic hydroxyl groups is 1. The summed E-state index contributed by atoms with van der Waals surface area (Å²) in [4.78, 5) is 28.5. The highest BCUT2D eigenvalue weighted by Gasteiger charge is 2.50. The standard InChI is InChI=1S/C27H39ClN2O3/c1-18-8-9-19(16-18)24(31)29-23-7-5-4-6-22(23)25(32)30-15-14-27(33,26(2,3)17-30)20-10-12-21(28)13-11-20/h10-13,18-19,22-23,33H,4-9,14-17H2,1-3H3,(H,29,31)/t18-,19+,22-,23+,27-/m0/s1. The maximum atomic E-state index is 13.7. The van der Waals surface area contributed by atoms with Crippen molar-refractivity contribution in [2.75, 3.05) is 13.1 Å². The minimum atomic E-state index is -1.02. The van der Waals surface area contributed by atoms with Crippen LogP contribution >= 0.6 is 11.6 Å². The number of carbonyl (C=O) groups is 2. The molecule has 33 heavy (non-hydrogen) atoms. The summed E-state index contributed by atoms with van der Waals surface area (Å²) in [5.74, 6) is 0.811. The largest absolute Gasteiger partial charge is 0.384 e. The first-order chi connectivity index (χ1) is 15.6. The van der Waals surface area contributed by atoms with Crippen molar-refractivity contribution in [1.82, 2.24) is 10.2 Å². The van der Waals surface area contributed by atoms with E-state index in [1.54, 1.807) is 0 Å². The molecule has 182 valence electrons. The van der Waals surface area contributed by atoms with Crippen molar-refractivity contribution in [1.29, 1.82) is 0 Å². The van der Waals surface area contributed by atoms with Crippen molar-refractivity contribution < 1.29 is 14.7 Å². The SMILES string of the molecule is C[C@H]1CC[C@@H](C(=O)N[C@@H]2CCCC[C@@H]2C(=O)N2CC[C@](O)(c3ccc(Cl)cc3)C(C)(C)C2)C1. The van der Waals surface area contributed by atoms with Gasteiger partial charge in [-0.25, -0.2) is 0 Å². The number of piperidine rings is 1. The van der Waals surface area contributed by atoms with Gasteiger partial charge in [-0.3, -0.25) is 9.59 Å². The first-order valence-corrected chi connectivity index (χ1v) is 13.1. The average Bonchev–Trinajstić information content (AvgIpc) is 3.22. The van der Waals surface area contributed by atoms with Gasteiger partial charge in [0.2, 0.25) is 11.8 Å². The molecule has 1 aromatic rings. The van der Waals surface area contributed by atoms with Crippen LogP contribution in [0.1, 0.15) is 77.7 Å². The lowest BCUT2D eigenvalue weighted by Gasteiger charge is -2.51. The number of carbonyl (C=O) groups excluding carboxylic acids is 2. The van der Waals surface area contributed by atoms with E-state index < -0.39 is 11.0 Å². The molecule has 1 aromatic carbocycles. The molecule has 1 saturated heterocycles. The fraction of sp³-hybridized carbons (Fsp3) is 0.704. The zero-order valence-corrected chi connectivity index (χ0v) is 21.0. The van der Waals surface area contributed by atoms with Gasteiger partial charge in [0.1, 0.15) is 0 Å². The monoisotopic (exact) mass is 474 g/mol. The number of rotatable bonds is 4. The summed E-state index contributed by atoms with van der Waals surface area (Å²) < 4.78 is 0. The molecule has 3 aliphatic rings. The minimum Gasteiger partial charge on any atom is -0.384 e. The molecule has 0 unspecified atom stereocenters. The number of halogens is 1. The van der Waals surface area contributed by atoms with Gasteiger partial charge in [-0.1, -0.05) is 57.3 Å². The van der Waals surface area contributed by atoms with Crippen LogP contribution in [0.5, 0.6) is 0 Å². The molecular weight excluding hydrogens is 436 g/mol. The van der Waals surface area contributed by atoms with E-state index in [-0.39, 0.29) is 29.7 Å². The van der Waals surface area contributed by atoms with Crippen molar-refractivity contribution in [2.24, 2.45) is 23.2 Å². The Hall–Kier alpha value is -1.59. The second-order valence-electron chi connectivity index (χ2n) is 11.4. The molecule has 5 nitrogen and oxygen atoms in total. The Bertz CT molecular complexity index is 871. The van der Waals surface area contributed by atoms with E-state index in [0.717, 1.165) is 50.5 Å². The molecule has 2 aliphatic carbocycles. The zero-order chi connectivity index (χ0) is 23.8. The number of amides is 2. The van der Waals surface area contributed by atoms with Crippen LogP contribution in [-0.4, -0.2) is 41.0 Å². The highest BCUT2D eigenvalue weighted by atomic mass is 35.5. The molecule has 0 aromatic heterocycles. The molecule has 1 heterocycles. The quantitative estimate of drug-likeness (QED) is 0.652. The number of likely N-dealkylation sites (tertiary alicyclic amines) is 1. The first-order valence-electron chi connectivity index (χ1n) is 12.7. The maximum absolute atomic E-state index is 13.7. The summed E-state index contributed by atoms with van der Waals surface area (Å²) in [6.45, 7) is 7.27. The third-order valence-electron chi connectivity index (χ3n) is 8.56. The van der Waals surface area contributed by atoms with Crippen LogP contribution in [0.15, 0.2) is 24.3 Å². The van der Waals surface area contributed by atoms with Crippen molar-refractivity contribution in [3.8, 4) is 0 Å². The molecule has 0 bridgehead atoms. The Kier molecular flexibility index (Phi) is 7.12. The van der Waals surface area contributed by atoms with Crippen LogP contribution in [0.25, 0.3) is 0 Å². The highest BCUT2D eigenvalue weighted by Crippen LogP contribution is 2.46. The predicted octanol–water partition coefficient (Wildman–Crippen LogP) is 4.90. The smallest absolute Gasteiger partial charge is 0.227 e. The van der Waals surface area contributed by atoms with Gasteiger partial charge in [-0.15, -0.1) is 0 Å². The molecule has 0 spiro atoms. The summed E-state index contributed by atoms with van der Waals surface area (Å²) >= 11 is 6.05. The van der Waals surface area contributed by atoms with Crippen LogP contribution in [0, 0.1) is 23.2 Å². The molecular formula is C27H39ClN2O3. The Morgan fingerprint density at radius 1 is 1.09 bits per heavy atom. The van der Waals surface area contributed by atoms with Gasteiger partial charge in [-0.2, -0.15) is 0 Å². The third kappa shape index (κ3) is 4.95. The van der Waals surface area contributed by atoms with Gasteiger partial charge in [0, 0.05) is 35.5 Å². The summed E-state index contributed by atoms with van der Waals surface area (Å²) in [7, 11) is 0. The number of nitrogens with one attached hydrogen (secondary N) is 1. The number of nitrogens with zero attached hydrogens (tertiary/aromatic N) is 1. The van der Waals surface area contributed by atoms with Gasteiger partial charge in [0.05, 0.1) is 11.5 Å². The summed E-state index contributed by atoms with van der Waals surface area (Å²) in [6.07, 6.45) is 7.29. The van der Waals surface area contributed by atoms with Crippen LogP contribution in [0.3, 0.4) is 0 Å². The van der Waals surface area contributed by atoms with Crippen molar-refractivity contribution in [3.63, 3.8) is 0 Å². The van der Waals surface area contributed by atoms with E-state index in [1.807, 2.05) is 43.0 Å². The number of hydrogen-bond donors (Lipinski definition) is 2. The molecule has 1 aliphatic heterocycles. The molecule has 2 saturated carbocycles. The van der Waals surface area contributed by atoms with Gasteiger partial charge in [0.15, 0.2) is 0 Å². The van der Waals surface area contributed by atoms with E-state index in [1.165, 1.54) is 0 Å². The molecule has 5 atom stereocenters. The van der Waals surface area contributed by atoms with E-state index in [0.29, 0.717) is 30.5 Å². The summed E-state index contributed by atoms with van der Waals surface area (Å²) in [6, 6.07) is 7.32. The lowest BCUT2D eigenvalue weighted by molar-refractivity contribution is -0.158. The molecule has 3 fully saturated rings. The van der Waals surface area contributed by atoms with E-state index >= 15 is 0 Å². The summed E-state index contributed by atoms with van der Waals surface area (Å²) in [5.41, 5.74) is -0.687. The minimum absolute atomic E-state index is 0.0742. The Morgan fingerprint density at radius 2 is 1.79 bits per heavy atom. The fourth-order valence-corrected chi connectivity index (χ4v) is 6.48. The molecule has 4 rings (SSSR count). The predicted molar refractivity (Wildman–Crippen MR) is 131 cm³/mol. The summed E-state index contributed by atoms with van der Waals surface area (Å²) in [5, 5.41) is 15.6. The van der Waals surface area contributed by atoms with Crippen LogP contribution in [0.4, 0.5) is 0 Å². The molecule has 2 N–H and O–H groups in total. The zero-order valence-electron chi connectivity index (χ0n) is 20.3.